The summed E-state index contributed by atoms with van der Waals surface area (Å²) in [6.07, 6.45) is 3.22. The van der Waals surface area contributed by atoms with Gasteiger partial charge in [0.1, 0.15) is 0 Å². The van der Waals surface area contributed by atoms with Gasteiger partial charge < -0.3 is 10.6 Å². The highest BCUT2D eigenvalue weighted by Gasteiger charge is 2.06. The lowest BCUT2D eigenvalue weighted by Gasteiger charge is -2.05. The van der Waals surface area contributed by atoms with Gasteiger partial charge in [0.2, 0.25) is 10.0 Å². The first-order valence-electron chi connectivity index (χ1n) is 6.93. The highest BCUT2D eigenvalue weighted by atomic mass is 35.5. The van der Waals surface area contributed by atoms with Crippen molar-refractivity contribution >= 4 is 33.7 Å². The Kier molecular flexibility index (Phi) is 5.97. The minimum Gasteiger partial charge on any atom is -0.334 e. The van der Waals surface area contributed by atoms with Gasteiger partial charge in [0.25, 0.3) is 0 Å². The molecule has 0 heterocycles. The van der Waals surface area contributed by atoms with Crippen LogP contribution in [-0.4, -0.2) is 14.4 Å². The van der Waals surface area contributed by atoms with Gasteiger partial charge in [-0.2, -0.15) is 0 Å². The number of amides is 2. The molecule has 2 amide bonds. The zero-order valence-electron chi connectivity index (χ0n) is 12.6. The van der Waals surface area contributed by atoms with E-state index in [-0.39, 0.29) is 17.5 Å². The fourth-order valence-corrected chi connectivity index (χ4v) is 2.57. The number of hydrogen-bond donors (Lipinski definition) is 3. The lowest BCUT2D eigenvalue weighted by molar-refractivity contribution is 0.244. The molecule has 24 heavy (non-hydrogen) atoms. The maximum atomic E-state index is 11.7. The van der Waals surface area contributed by atoms with E-state index >= 15 is 0 Å². The van der Waals surface area contributed by atoms with Crippen molar-refractivity contribution in [1.29, 1.82) is 0 Å². The third-order valence-electron chi connectivity index (χ3n) is 3.04. The van der Waals surface area contributed by atoms with Crippen LogP contribution in [0.25, 0.3) is 6.08 Å². The molecule has 2 rings (SSSR count). The Morgan fingerprint density at radius 2 is 1.88 bits per heavy atom. The molecule has 0 saturated carbocycles. The number of primary sulfonamides is 1. The standard InChI is InChI=1S/C16H16ClN3O3S/c17-14-3-1-2-12(10-14)8-9-19-16(21)20-11-13-4-6-15(7-5-13)24(18,22)23/h1-10H,11H2,(H2,18,22,23)(H2,19,20,21)/b9-8+. The molecular weight excluding hydrogens is 350 g/mol. The largest absolute Gasteiger partial charge is 0.334 e. The van der Waals surface area contributed by atoms with Gasteiger partial charge in [0.15, 0.2) is 0 Å². The first-order valence-corrected chi connectivity index (χ1v) is 8.85. The van der Waals surface area contributed by atoms with E-state index in [1.54, 1.807) is 30.3 Å². The number of nitrogens with one attached hydrogen (secondary N) is 2. The Hall–Kier alpha value is -2.35. The normalized spacial score (nSPS) is 11.4. The maximum Gasteiger partial charge on any atom is 0.319 e. The van der Waals surface area contributed by atoms with Crippen LogP contribution in [0, 0.1) is 0 Å². The molecule has 126 valence electrons. The molecule has 2 aromatic rings. The lowest BCUT2D eigenvalue weighted by Crippen LogP contribution is -2.31. The van der Waals surface area contributed by atoms with Crippen molar-refractivity contribution in [3.8, 4) is 0 Å². The van der Waals surface area contributed by atoms with Crippen LogP contribution in [0.4, 0.5) is 4.79 Å². The summed E-state index contributed by atoms with van der Waals surface area (Å²) < 4.78 is 22.3. The molecule has 8 heteroatoms. The van der Waals surface area contributed by atoms with Crippen molar-refractivity contribution < 1.29 is 13.2 Å². The molecule has 0 unspecified atom stereocenters. The molecule has 2 aromatic carbocycles. The highest BCUT2D eigenvalue weighted by molar-refractivity contribution is 7.89. The number of halogens is 1. The van der Waals surface area contributed by atoms with E-state index < -0.39 is 10.0 Å². The fourth-order valence-electron chi connectivity index (χ4n) is 1.85. The van der Waals surface area contributed by atoms with E-state index in [1.165, 1.54) is 18.3 Å². The molecule has 4 N–H and O–H groups in total. The summed E-state index contributed by atoms with van der Waals surface area (Å²) in [5, 5.41) is 10.8. The monoisotopic (exact) mass is 365 g/mol. The number of benzene rings is 2. The zero-order valence-corrected chi connectivity index (χ0v) is 14.1. The van der Waals surface area contributed by atoms with Crippen molar-refractivity contribution in [3.05, 3.63) is 70.9 Å². The summed E-state index contributed by atoms with van der Waals surface area (Å²) in [5.74, 6) is 0. The number of carbonyl (C=O) groups excluding carboxylic acids is 1. The number of nitrogens with two attached hydrogens (primary N) is 1. The molecular formula is C16H16ClN3O3S. The Morgan fingerprint density at radius 1 is 1.17 bits per heavy atom. The molecule has 0 atom stereocenters. The third kappa shape index (κ3) is 5.69. The molecule has 6 nitrogen and oxygen atoms in total. The molecule has 0 bridgehead atoms. The van der Waals surface area contributed by atoms with Crippen molar-refractivity contribution in [2.24, 2.45) is 5.14 Å². The maximum absolute atomic E-state index is 11.7. The van der Waals surface area contributed by atoms with Crippen LogP contribution in [-0.2, 0) is 16.6 Å². The number of sulfonamides is 1. The topological polar surface area (TPSA) is 101 Å². The predicted octanol–water partition coefficient (Wildman–Crippen LogP) is 2.46. The van der Waals surface area contributed by atoms with Crippen molar-refractivity contribution in [3.63, 3.8) is 0 Å². The van der Waals surface area contributed by atoms with E-state index in [4.69, 9.17) is 16.7 Å². The van der Waals surface area contributed by atoms with E-state index in [1.807, 2.05) is 12.1 Å². The molecule has 0 aliphatic carbocycles. The second-order valence-corrected chi connectivity index (χ2v) is 6.90. The van der Waals surface area contributed by atoms with E-state index in [2.05, 4.69) is 10.6 Å². The summed E-state index contributed by atoms with van der Waals surface area (Å²) >= 11 is 5.86. The van der Waals surface area contributed by atoms with Crippen LogP contribution < -0.4 is 15.8 Å². The summed E-state index contributed by atoms with van der Waals surface area (Å²) in [4.78, 5) is 11.7. The van der Waals surface area contributed by atoms with Gasteiger partial charge >= 0.3 is 6.03 Å². The SMILES string of the molecule is NS(=O)(=O)c1ccc(CNC(=O)N/C=C/c2cccc(Cl)c2)cc1. The summed E-state index contributed by atoms with van der Waals surface area (Å²) in [5.41, 5.74) is 1.61. The van der Waals surface area contributed by atoms with Crippen molar-refractivity contribution in [2.75, 3.05) is 0 Å². The van der Waals surface area contributed by atoms with Gasteiger partial charge in [-0.3, -0.25) is 0 Å². The fraction of sp³-hybridized carbons (Fsp3) is 0.0625. The van der Waals surface area contributed by atoms with Gasteiger partial charge in [-0.05, 0) is 41.5 Å². The van der Waals surface area contributed by atoms with E-state index in [0.717, 1.165) is 11.1 Å². The number of urea groups is 1. The smallest absolute Gasteiger partial charge is 0.319 e. The quantitative estimate of drug-likeness (QED) is 0.758. The van der Waals surface area contributed by atoms with Crippen LogP contribution >= 0.6 is 11.6 Å². The Labute approximate surface area is 145 Å². The average Bonchev–Trinajstić information content (AvgIpc) is 2.52. The van der Waals surface area contributed by atoms with Crippen LogP contribution in [0.5, 0.6) is 0 Å². The third-order valence-corrected chi connectivity index (χ3v) is 4.21. The Balaban J connectivity index is 1.83. The second-order valence-electron chi connectivity index (χ2n) is 4.90. The summed E-state index contributed by atoms with van der Waals surface area (Å²) in [6, 6.07) is 12.8. The van der Waals surface area contributed by atoms with Gasteiger partial charge in [-0.1, -0.05) is 35.9 Å². The Bertz CT molecular complexity index is 849. The molecule has 0 saturated heterocycles. The van der Waals surface area contributed by atoms with E-state index in [0.29, 0.717) is 5.02 Å². The van der Waals surface area contributed by atoms with Crippen LogP contribution in [0.3, 0.4) is 0 Å². The van der Waals surface area contributed by atoms with Gasteiger partial charge in [-0.15, -0.1) is 0 Å². The van der Waals surface area contributed by atoms with Gasteiger partial charge in [0.05, 0.1) is 4.90 Å². The van der Waals surface area contributed by atoms with Crippen LogP contribution in [0.2, 0.25) is 5.02 Å². The lowest BCUT2D eigenvalue weighted by atomic mass is 10.2. The van der Waals surface area contributed by atoms with Gasteiger partial charge in [-0.25, -0.2) is 18.4 Å². The minimum atomic E-state index is -3.71. The molecule has 0 aromatic heterocycles. The predicted molar refractivity (Wildman–Crippen MR) is 93.7 cm³/mol. The van der Waals surface area contributed by atoms with Crippen LogP contribution in [0.1, 0.15) is 11.1 Å². The summed E-state index contributed by atoms with van der Waals surface area (Å²) in [6.45, 7) is 0.252. The number of carbonyl (C=O) groups is 1. The minimum absolute atomic E-state index is 0.0279. The molecule has 0 fully saturated rings. The first-order chi connectivity index (χ1) is 11.3. The molecule has 0 aliphatic rings. The van der Waals surface area contributed by atoms with Gasteiger partial charge in [0, 0.05) is 17.8 Å². The number of rotatable bonds is 5. The average molecular weight is 366 g/mol. The van der Waals surface area contributed by atoms with Crippen LogP contribution in [0.15, 0.2) is 59.6 Å². The first kappa shape index (κ1) is 18.0. The molecule has 0 spiro atoms. The second kappa shape index (κ2) is 7.96. The van der Waals surface area contributed by atoms with Crippen molar-refractivity contribution in [1.82, 2.24) is 10.6 Å². The zero-order chi connectivity index (χ0) is 17.6. The highest BCUT2D eigenvalue weighted by Crippen LogP contribution is 2.11. The molecule has 0 radical (unpaired) electrons. The molecule has 0 aliphatic heterocycles. The Morgan fingerprint density at radius 3 is 2.50 bits per heavy atom. The number of hydrogen-bond acceptors (Lipinski definition) is 3. The van der Waals surface area contributed by atoms with Crippen molar-refractivity contribution in [2.45, 2.75) is 11.4 Å². The summed E-state index contributed by atoms with van der Waals surface area (Å²) in [7, 11) is -3.71. The van der Waals surface area contributed by atoms with E-state index in [9.17, 15) is 13.2 Å².